The second kappa shape index (κ2) is 7.14. The standard InChI is InChI=1S/C21H21N3O2/c1-15(17-6-4-5-16-13-22-10-9-18(16)17)23-11-12-24-19-7-2-3-8-20(19)26-14-21(24)25/h2-10,13,15,23H,11-12,14H2,1H3. The lowest BCUT2D eigenvalue weighted by atomic mass is 10.0. The van der Waals surface area contributed by atoms with E-state index in [0.717, 1.165) is 16.8 Å². The summed E-state index contributed by atoms with van der Waals surface area (Å²) >= 11 is 0. The number of carbonyl (C=O) groups excluding carboxylic acids is 1. The number of para-hydroxylation sites is 2. The van der Waals surface area contributed by atoms with Gasteiger partial charge in [0.2, 0.25) is 0 Å². The zero-order valence-electron chi connectivity index (χ0n) is 14.7. The van der Waals surface area contributed by atoms with Crippen LogP contribution in [-0.4, -0.2) is 30.6 Å². The minimum atomic E-state index is -0.00520. The predicted molar refractivity (Wildman–Crippen MR) is 102 cm³/mol. The van der Waals surface area contributed by atoms with Crippen molar-refractivity contribution in [2.24, 2.45) is 0 Å². The van der Waals surface area contributed by atoms with Crippen LogP contribution >= 0.6 is 0 Å². The highest BCUT2D eigenvalue weighted by Crippen LogP contribution is 2.31. The molecule has 0 fully saturated rings. The maximum atomic E-state index is 12.2. The minimum Gasteiger partial charge on any atom is -0.482 e. The number of hydrogen-bond donors (Lipinski definition) is 1. The summed E-state index contributed by atoms with van der Waals surface area (Å²) in [5.74, 6) is 0.760. The third-order valence-corrected chi connectivity index (χ3v) is 4.78. The molecule has 0 bridgehead atoms. The van der Waals surface area contributed by atoms with Crippen molar-refractivity contribution in [3.63, 3.8) is 0 Å². The molecule has 1 amide bonds. The van der Waals surface area contributed by atoms with Crippen molar-refractivity contribution < 1.29 is 9.53 Å². The number of anilines is 1. The highest BCUT2D eigenvalue weighted by atomic mass is 16.5. The van der Waals surface area contributed by atoms with Crippen molar-refractivity contribution in [3.8, 4) is 5.75 Å². The second-order valence-corrected chi connectivity index (χ2v) is 6.42. The van der Waals surface area contributed by atoms with Gasteiger partial charge in [0.25, 0.3) is 5.91 Å². The largest absolute Gasteiger partial charge is 0.482 e. The van der Waals surface area contributed by atoms with Gasteiger partial charge in [-0.15, -0.1) is 0 Å². The van der Waals surface area contributed by atoms with E-state index in [-0.39, 0.29) is 18.6 Å². The summed E-state index contributed by atoms with van der Waals surface area (Å²) in [5, 5.41) is 5.87. The maximum Gasteiger partial charge on any atom is 0.265 e. The summed E-state index contributed by atoms with van der Waals surface area (Å²) in [6.07, 6.45) is 3.71. The van der Waals surface area contributed by atoms with Crippen LogP contribution in [0.15, 0.2) is 60.9 Å². The number of nitrogens with zero attached hydrogens (tertiary/aromatic N) is 2. The molecule has 1 unspecified atom stereocenters. The van der Waals surface area contributed by atoms with E-state index in [0.29, 0.717) is 13.1 Å². The first-order chi connectivity index (χ1) is 12.7. The van der Waals surface area contributed by atoms with Gasteiger partial charge in [0.05, 0.1) is 5.69 Å². The predicted octanol–water partition coefficient (Wildman–Crippen LogP) is 3.31. The third-order valence-electron chi connectivity index (χ3n) is 4.78. The lowest BCUT2D eigenvalue weighted by Crippen LogP contribution is -2.42. The number of ether oxygens (including phenoxy) is 1. The Balaban J connectivity index is 1.45. The van der Waals surface area contributed by atoms with Gasteiger partial charge >= 0.3 is 0 Å². The van der Waals surface area contributed by atoms with Gasteiger partial charge in [0.1, 0.15) is 5.75 Å². The van der Waals surface area contributed by atoms with Gasteiger partial charge in [-0.25, -0.2) is 0 Å². The molecule has 1 atom stereocenters. The molecule has 0 saturated carbocycles. The van der Waals surface area contributed by atoms with Crippen LogP contribution in [0, 0.1) is 0 Å². The Labute approximate surface area is 152 Å². The number of benzene rings is 2. The topological polar surface area (TPSA) is 54.5 Å². The van der Waals surface area contributed by atoms with Crippen LogP contribution in [-0.2, 0) is 4.79 Å². The van der Waals surface area contributed by atoms with Crippen molar-refractivity contribution in [1.82, 2.24) is 10.3 Å². The molecule has 0 spiro atoms. The van der Waals surface area contributed by atoms with Crippen molar-refractivity contribution in [2.75, 3.05) is 24.6 Å². The van der Waals surface area contributed by atoms with Crippen molar-refractivity contribution in [1.29, 1.82) is 0 Å². The molecule has 26 heavy (non-hydrogen) atoms. The average molecular weight is 347 g/mol. The molecule has 5 nitrogen and oxygen atoms in total. The quantitative estimate of drug-likeness (QED) is 0.769. The monoisotopic (exact) mass is 347 g/mol. The van der Waals surface area contributed by atoms with E-state index >= 15 is 0 Å². The summed E-state index contributed by atoms with van der Waals surface area (Å²) in [6, 6.07) is 16.1. The zero-order chi connectivity index (χ0) is 17.9. The Kier molecular flexibility index (Phi) is 4.54. The molecule has 1 aliphatic rings. The molecule has 1 aromatic heterocycles. The molecular formula is C21H21N3O2. The van der Waals surface area contributed by atoms with E-state index in [2.05, 4.69) is 35.4 Å². The normalized spacial score (nSPS) is 14.8. The van der Waals surface area contributed by atoms with E-state index in [9.17, 15) is 4.79 Å². The SMILES string of the molecule is CC(NCCN1C(=O)COc2ccccc21)c1cccc2cnccc12. The van der Waals surface area contributed by atoms with Crippen LogP contribution in [0.2, 0.25) is 0 Å². The molecule has 2 aromatic carbocycles. The number of fused-ring (bicyclic) bond motifs is 2. The van der Waals surface area contributed by atoms with Gasteiger partial charge in [-0.1, -0.05) is 30.3 Å². The van der Waals surface area contributed by atoms with Crippen LogP contribution < -0.4 is 15.0 Å². The summed E-state index contributed by atoms with van der Waals surface area (Å²) in [4.78, 5) is 18.2. The number of amides is 1. The fourth-order valence-electron chi connectivity index (χ4n) is 3.43. The van der Waals surface area contributed by atoms with Gasteiger partial charge in [-0.2, -0.15) is 0 Å². The molecule has 3 aromatic rings. The molecular weight excluding hydrogens is 326 g/mol. The smallest absolute Gasteiger partial charge is 0.265 e. The van der Waals surface area contributed by atoms with Gasteiger partial charge < -0.3 is 15.0 Å². The van der Waals surface area contributed by atoms with Gasteiger partial charge in [-0.05, 0) is 36.1 Å². The number of nitrogens with one attached hydrogen (secondary N) is 1. The highest BCUT2D eigenvalue weighted by molar-refractivity contribution is 5.97. The molecule has 0 saturated heterocycles. The minimum absolute atomic E-state index is 0.00520. The molecule has 1 aliphatic heterocycles. The van der Waals surface area contributed by atoms with Crippen molar-refractivity contribution >= 4 is 22.4 Å². The Morgan fingerprint density at radius 3 is 3.00 bits per heavy atom. The fraction of sp³-hybridized carbons (Fsp3) is 0.238. The molecule has 1 N–H and O–H groups in total. The number of aromatic nitrogens is 1. The molecule has 5 heteroatoms. The molecule has 4 rings (SSSR count). The van der Waals surface area contributed by atoms with E-state index in [1.54, 1.807) is 4.90 Å². The molecule has 0 radical (unpaired) electrons. The van der Waals surface area contributed by atoms with Crippen molar-refractivity contribution in [3.05, 3.63) is 66.5 Å². The number of rotatable bonds is 5. The van der Waals surface area contributed by atoms with Crippen LogP contribution in [0.3, 0.4) is 0 Å². The average Bonchev–Trinajstić information content (AvgIpc) is 2.69. The fourth-order valence-corrected chi connectivity index (χ4v) is 3.43. The van der Waals surface area contributed by atoms with E-state index in [4.69, 9.17) is 4.74 Å². The van der Waals surface area contributed by atoms with Gasteiger partial charge in [-0.3, -0.25) is 9.78 Å². The summed E-state index contributed by atoms with van der Waals surface area (Å²) in [5.41, 5.74) is 2.08. The van der Waals surface area contributed by atoms with Gasteiger partial charge in [0.15, 0.2) is 6.61 Å². The third kappa shape index (κ3) is 3.13. The zero-order valence-corrected chi connectivity index (χ0v) is 14.7. The first-order valence-corrected chi connectivity index (χ1v) is 8.82. The van der Waals surface area contributed by atoms with Gasteiger partial charge in [0, 0.05) is 36.9 Å². The first kappa shape index (κ1) is 16.5. The lowest BCUT2D eigenvalue weighted by molar-refractivity contribution is -0.121. The van der Waals surface area contributed by atoms with Crippen LogP contribution in [0.4, 0.5) is 5.69 Å². The van der Waals surface area contributed by atoms with E-state index < -0.39 is 0 Å². The van der Waals surface area contributed by atoms with E-state index in [1.807, 2.05) is 42.7 Å². The van der Waals surface area contributed by atoms with Crippen LogP contribution in [0.25, 0.3) is 10.8 Å². The second-order valence-electron chi connectivity index (χ2n) is 6.42. The van der Waals surface area contributed by atoms with Crippen LogP contribution in [0.1, 0.15) is 18.5 Å². The summed E-state index contributed by atoms with van der Waals surface area (Å²) < 4.78 is 5.49. The molecule has 2 heterocycles. The highest BCUT2D eigenvalue weighted by Gasteiger charge is 2.24. The Hall–Kier alpha value is -2.92. The Bertz CT molecular complexity index is 936. The Morgan fingerprint density at radius 1 is 1.19 bits per heavy atom. The maximum absolute atomic E-state index is 12.2. The van der Waals surface area contributed by atoms with Crippen molar-refractivity contribution in [2.45, 2.75) is 13.0 Å². The summed E-state index contributed by atoms with van der Waals surface area (Å²) in [7, 11) is 0. The van der Waals surface area contributed by atoms with Crippen LogP contribution in [0.5, 0.6) is 5.75 Å². The first-order valence-electron chi connectivity index (χ1n) is 8.82. The number of hydrogen-bond acceptors (Lipinski definition) is 4. The molecule has 0 aliphatic carbocycles. The van der Waals surface area contributed by atoms with E-state index in [1.165, 1.54) is 10.9 Å². The Morgan fingerprint density at radius 2 is 2.08 bits per heavy atom. The number of carbonyl (C=O) groups is 1. The lowest BCUT2D eigenvalue weighted by Gasteiger charge is -2.30. The molecule has 132 valence electrons. The summed E-state index contributed by atoms with van der Waals surface area (Å²) in [6.45, 7) is 3.55. The number of pyridine rings is 1.